The molecule has 106 valence electrons. The van der Waals surface area contributed by atoms with E-state index in [1.807, 2.05) is 13.0 Å². The molecular weight excluding hydrogens is 236 g/mol. The van der Waals surface area contributed by atoms with Gasteiger partial charge in [0.1, 0.15) is 0 Å². The minimum Gasteiger partial charge on any atom is -0.354 e. The minimum absolute atomic E-state index is 0.788. The standard InChI is InChI=1S/C15H26N4/c1-4-10-19-12-13(2)17-15(19)16-9-11-18(3)14-7-5-6-8-14/h4,12,14H,1,5-11H2,2-3H3,(H,16,17). The molecule has 0 saturated heterocycles. The summed E-state index contributed by atoms with van der Waals surface area (Å²) in [5, 5.41) is 3.44. The van der Waals surface area contributed by atoms with Crippen LogP contribution >= 0.6 is 0 Å². The third kappa shape index (κ3) is 3.83. The summed E-state index contributed by atoms with van der Waals surface area (Å²) in [6.07, 6.45) is 9.47. The van der Waals surface area contributed by atoms with Gasteiger partial charge in [0.15, 0.2) is 0 Å². The number of hydrogen-bond donors (Lipinski definition) is 1. The van der Waals surface area contributed by atoms with E-state index >= 15 is 0 Å². The molecule has 0 atom stereocenters. The van der Waals surface area contributed by atoms with Gasteiger partial charge in [0.25, 0.3) is 0 Å². The predicted molar refractivity (Wildman–Crippen MR) is 80.5 cm³/mol. The molecule has 0 aliphatic heterocycles. The number of likely N-dealkylation sites (N-methyl/N-ethyl adjacent to an activating group) is 1. The average Bonchev–Trinajstić information content (AvgIpc) is 3.00. The Labute approximate surface area is 116 Å². The Kier molecular flexibility index (Phi) is 5.02. The Hall–Kier alpha value is -1.29. The van der Waals surface area contributed by atoms with Gasteiger partial charge in [0.2, 0.25) is 5.95 Å². The highest BCUT2D eigenvalue weighted by molar-refractivity contribution is 5.29. The van der Waals surface area contributed by atoms with Crippen LogP contribution in [0.25, 0.3) is 0 Å². The molecule has 1 fully saturated rings. The van der Waals surface area contributed by atoms with Crippen molar-refractivity contribution in [2.24, 2.45) is 0 Å². The quantitative estimate of drug-likeness (QED) is 0.767. The molecule has 1 aliphatic carbocycles. The molecule has 0 bridgehead atoms. The average molecular weight is 262 g/mol. The third-order valence-corrected chi connectivity index (χ3v) is 3.92. The van der Waals surface area contributed by atoms with Crippen molar-refractivity contribution in [3.63, 3.8) is 0 Å². The molecule has 1 aliphatic rings. The Balaban J connectivity index is 1.79. The molecule has 1 N–H and O–H groups in total. The highest BCUT2D eigenvalue weighted by Gasteiger charge is 2.18. The Morgan fingerprint density at radius 3 is 2.95 bits per heavy atom. The van der Waals surface area contributed by atoms with E-state index in [0.717, 1.165) is 37.3 Å². The number of allylic oxidation sites excluding steroid dienone is 1. The van der Waals surface area contributed by atoms with Crippen LogP contribution in [-0.4, -0.2) is 40.6 Å². The monoisotopic (exact) mass is 262 g/mol. The second kappa shape index (κ2) is 6.75. The first kappa shape index (κ1) is 14.1. The molecular formula is C15H26N4. The van der Waals surface area contributed by atoms with Gasteiger partial charge in [0.05, 0.1) is 5.69 Å². The van der Waals surface area contributed by atoms with Gasteiger partial charge in [0, 0.05) is 31.9 Å². The van der Waals surface area contributed by atoms with Crippen molar-refractivity contribution in [2.45, 2.75) is 45.2 Å². The lowest BCUT2D eigenvalue weighted by Gasteiger charge is -2.24. The molecule has 1 aromatic rings. The van der Waals surface area contributed by atoms with Gasteiger partial charge >= 0.3 is 0 Å². The van der Waals surface area contributed by atoms with Crippen LogP contribution in [0.3, 0.4) is 0 Å². The van der Waals surface area contributed by atoms with Gasteiger partial charge < -0.3 is 14.8 Å². The number of rotatable bonds is 7. The minimum atomic E-state index is 0.788. The first-order valence-corrected chi connectivity index (χ1v) is 7.29. The summed E-state index contributed by atoms with van der Waals surface area (Å²) in [4.78, 5) is 6.99. The first-order chi connectivity index (χ1) is 9.20. The zero-order valence-corrected chi connectivity index (χ0v) is 12.2. The zero-order valence-electron chi connectivity index (χ0n) is 12.2. The maximum absolute atomic E-state index is 4.51. The second-order valence-electron chi connectivity index (χ2n) is 5.49. The second-order valence-corrected chi connectivity index (χ2v) is 5.49. The fourth-order valence-corrected chi connectivity index (χ4v) is 2.84. The number of anilines is 1. The fraction of sp³-hybridized carbons (Fsp3) is 0.667. The van der Waals surface area contributed by atoms with Crippen LogP contribution in [-0.2, 0) is 6.54 Å². The van der Waals surface area contributed by atoms with Crippen LogP contribution in [0.1, 0.15) is 31.4 Å². The van der Waals surface area contributed by atoms with Crippen LogP contribution in [0.4, 0.5) is 5.95 Å². The number of nitrogens with zero attached hydrogens (tertiary/aromatic N) is 3. The van der Waals surface area contributed by atoms with E-state index in [2.05, 4.69) is 39.6 Å². The van der Waals surface area contributed by atoms with Crippen molar-refractivity contribution in [1.29, 1.82) is 0 Å². The van der Waals surface area contributed by atoms with Crippen LogP contribution in [0, 0.1) is 6.92 Å². The number of imidazole rings is 1. The summed E-state index contributed by atoms with van der Waals surface area (Å²) < 4.78 is 2.11. The van der Waals surface area contributed by atoms with Crippen molar-refractivity contribution >= 4 is 5.95 Å². The molecule has 1 heterocycles. The number of hydrogen-bond acceptors (Lipinski definition) is 3. The molecule has 4 nitrogen and oxygen atoms in total. The van der Waals surface area contributed by atoms with Gasteiger partial charge in [-0.05, 0) is 26.8 Å². The molecule has 1 aromatic heterocycles. The number of aromatic nitrogens is 2. The van der Waals surface area contributed by atoms with Crippen molar-refractivity contribution in [2.75, 3.05) is 25.5 Å². The van der Waals surface area contributed by atoms with E-state index in [0.29, 0.717) is 0 Å². The Bertz CT molecular complexity index is 404. The van der Waals surface area contributed by atoms with Crippen LogP contribution in [0.5, 0.6) is 0 Å². The van der Waals surface area contributed by atoms with Crippen molar-refractivity contribution in [3.05, 3.63) is 24.5 Å². The molecule has 0 amide bonds. The summed E-state index contributed by atoms with van der Waals surface area (Å²) in [5.74, 6) is 0.956. The van der Waals surface area contributed by atoms with E-state index in [1.165, 1.54) is 25.7 Å². The summed E-state index contributed by atoms with van der Waals surface area (Å²) in [5.41, 5.74) is 1.05. The highest BCUT2D eigenvalue weighted by atomic mass is 15.2. The third-order valence-electron chi connectivity index (χ3n) is 3.92. The molecule has 1 saturated carbocycles. The smallest absolute Gasteiger partial charge is 0.203 e. The van der Waals surface area contributed by atoms with Crippen molar-refractivity contribution in [1.82, 2.24) is 14.5 Å². The van der Waals surface area contributed by atoms with Gasteiger partial charge in [-0.15, -0.1) is 6.58 Å². The van der Waals surface area contributed by atoms with E-state index in [9.17, 15) is 0 Å². The maximum Gasteiger partial charge on any atom is 0.203 e. The topological polar surface area (TPSA) is 33.1 Å². The Morgan fingerprint density at radius 2 is 2.26 bits per heavy atom. The summed E-state index contributed by atoms with van der Waals surface area (Å²) in [7, 11) is 2.24. The van der Waals surface area contributed by atoms with E-state index in [-0.39, 0.29) is 0 Å². The summed E-state index contributed by atoms with van der Waals surface area (Å²) in [6, 6.07) is 0.788. The van der Waals surface area contributed by atoms with Crippen LogP contribution < -0.4 is 5.32 Å². The summed E-state index contributed by atoms with van der Waals surface area (Å²) in [6.45, 7) is 8.63. The fourth-order valence-electron chi connectivity index (χ4n) is 2.84. The van der Waals surface area contributed by atoms with E-state index in [1.54, 1.807) is 0 Å². The van der Waals surface area contributed by atoms with Gasteiger partial charge in [-0.2, -0.15) is 0 Å². The lowest BCUT2D eigenvalue weighted by molar-refractivity contribution is 0.254. The predicted octanol–water partition coefficient (Wildman–Crippen LogP) is 2.66. The lowest BCUT2D eigenvalue weighted by atomic mass is 10.2. The van der Waals surface area contributed by atoms with Gasteiger partial charge in [-0.1, -0.05) is 18.9 Å². The maximum atomic E-state index is 4.51. The zero-order chi connectivity index (χ0) is 13.7. The SMILES string of the molecule is C=CCn1cc(C)nc1NCCN(C)C1CCCC1. The largest absolute Gasteiger partial charge is 0.354 e. The highest BCUT2D eigenvalue weighted by Crippen LogP contribution is 2.21. The number of aryl methyl sites for hydroxylation is 1. The summed E-state index contributed by atoms with van der Waals surface area (Å²) >= 11 is 0. The molecule has 2 rings (SSSR count). The van der Waals surface area contributed by atoms with E-state index < -0.39 is 0 Å². The van der Waals surface area contributed by atoms with E-state index in [4.69, 9.17) is 0 Å². The first-order valence-electron chi connectivity index (χ1n) is 7.29. The van der Waals surface area contributed by atoms with Crippen molar-refractivity contribution < 1.29 is 0 Å². The van der Waals surface area contributed by atoms with Gasteiger partial charge in [-0.3, -0.25) is 0 Å². The molecule has 0 radical (unpaired) electrons. The molecule has 0 spiro atoms. The van der Waals surface area contributed by atoms with Gasteiger partial charge in [-0.25, -0.2) is 4.98 Å². The molecule has 0 unspecified atom stereocenters. The lowest BCUT2D eigenvalue weighted by Crippen LogP contribution is -2.33. The number of nitrogens with one attached hydrogen (secondary N) is 1. The van der Waals surface area contributed by atoms with Crippen LogP contribution in [0.15, 0.2) is 18.9 Å². The van der Waals surface area contributed by atoms with Crippen LogP contribution in [0.2, 0.25) is 0 Å². The molecule has 19 heavy (non-hydrogen) atoms. The molecule has 4 heteroatoms. The normalized spacial score (nSPS) is 16.2. The Morgan fingerprint density at radius 1 is 1.53 bits per heavy atom. The van der Waals surface area contributed by atoms with Crippen molar-refractivity contribution in [3.8, 4) is 0 Å². The molecule has 0 aromatic carbocycles.